The van der Waals surface area contributed by atoms with Crippen molar-refractivity contribution >= 4 is 37.1 Å². The molecule has 0 spiro atoms. The molecule has 0 aliphatic heterocycles. The molecule has 20 heavy (non-hydrogen) atoms. The van der Waals surface area contributed by atoms with Gasteiger partial charge in [0.15, 0.2) is 0 Å². The van der Waals surface area contributed by atoms with Gasteiger partial charge in [-0.25, -0.2) is 13.4 Å². The maximum atomic E-state index is 12.3. The van der Waals surface area contributed by atoms with E-state index in [1.165, 1.54) is 0 Å². The van der Waals surface area contributed by atoms with Crippen LogP contribution in [0.4, 0.5) is 5.69 Å². The summed E-state index contributed by atoms with van der Waals surface area (Å²) >= 11 is 1.11. The number of hydrogen-bond acceptors (Lipinski definition) is 6. The molecule has 0 unspecified atom stereocenters. The predicted molar refractivity (Wildman–Crippen MR) is 80.1 cm³/mol. The lowest BCUT2D eigenvalue weighted by molar-refractivity contribution is 0.473. The molecule has 0 fully saturated rings. The van der Waals surface area contributed by atoms with Gasteiger partial charge in [-0.1, -0.05) is 0 Å². The molecule has 106 valence electrons. The highest BCUT2D eigenvalue weighted by Gasteiger charge is 2.25. The third kappa shape index (κ3) is 3.08. The van der Waals surface area contributed by atoms with Gasteiger partial charge < -0.3 is 5.73 Å². The second-order valence-corrected chi connectivity index (χ2v) is 8.59. The lowest BCUT2D eigenvalue weighted by atomic mass is 9.93. The van der Waals surface area contributed by atoms with Crippen LogP contribution in [0.15, 0.2) is 22.5 Å². The number of sulfone groups is 1. The molecule has 0 aliphatic rings. The molecular formula is C13H15N3O2S2. The van der Waals surface area contributed by atoms with E-state index in [9.17, 15) is 8.42 Å². The zero-order valence-corrected chi connectivity index (χ0v) is 12.9. The Bertz CT molecular complexity index is 786. The quantitative estimate of drug-likeness (QED) is 0.875. The molecule has 2 aromatic rings. The minimum atomic E-state index is -3.46. The number of aromatic nitrogens is 1. The van der Waals surface area contributed by atoms with Crippen molar-refractivity contribution in [3.8, 4) is 6.07 Å². The summed E-state index contributed by atoms with van der Waals surface area (Å²) in [5, 5.41) is 8.93. The first-order valence-corrected chi connectivity index (χ1v) is 8.50. The molecule has 5 nitrogen and oxygen atoms in total. The average Bonchev–Trinajstić information content (AvgIpc) is 2.80. The number of hydrogen-bond donors (Lipinski definition) is 1. The number of nitrogen functional groups attached to an aromatic ring is 1. The SMILES string of the molecule is CC(C)(C#N)CCS(=O)(=O)c1nc2ccc(N)cc2s1. The van der Waals surface area contributed by atoms with Crippen LogP contribution in [0, 0.1) is 16.7 Å². The Balaban J connectivity index is 2.30. The number of nitrogens with two attached hydrogens (primary N) is 1. The van der Waals surface area contributed by atoms with E-state index in [0.29, 0.717) is 11.2 Å². The first kappa shape index (κ1) is 14.8. The summed E-state index contributed by atoms with van der Waals surface area (Å²) in [6, 6.07) is 7.21. The van der Waals surface area contributed by atoms with Crippen LogP contribution in [0.3, 0.4) is 0 Å². The molecule has 0 saturated heterocycles. The highest BCUT2D eigenvalue weighted by Crippen LogP contribution is 2.29. The van der Waals surface area contributed by atoms with Gasteiger partial charge in [-0.15, -0.1) is 11.3 Å². The fraction of sp³-hybridized carbons (Fsp3) is 0.385. The van der Waals surface area contributed by atoms with E-state index in [0.717, 1.165) is 16.0 Å². The third-order valence-corrected chi connectivity index (χ3v) is 6.15. The molecule has 7 heteroatoms. The third-order valence-electron chi connectivity index (χ3n) is 2.96. The van der Waals surface area contributed by atoms with E-state index in [4.69, 9.17) is 11.0 Å². The average molecular weight is 309 g/mol. The van der Waals surface area contributed by atoms with Gasteiger partial charge in [0.25, 0.3) is 0 Å². The van der Waals surface area contributed by atoms with Gasteiger partial charge in [0, 0.05) is 5.69 Å². The molecule has 0 radical (unpaired) electrons. The maximum Gasteiger partial charge on any atom is 0.210 e. The molecule has 0 atom stereocenters. The van der Waals surface area contributed by atoms with E-state index in [-0.39, 0.29) is 16.5 Å². The lowest BCUT2D eigenvalue weighted by Crippen LogP contribution is -2.16. The van der Waals surface area contributed by atoms with E-state index in [1.807, 2.05) is 0 Å². The summed E-state index contributed by atoms with van der Waals surface area (Å²) in [5.74, 6) is -0.0805. The van der Waals surface area contributed by atoms with Gasteiger partial charge in [0.05, 0.1) is 27.5 Å². The monoisotopic (exact) mass is 309 g/mol. The number of rotatable bonds is 4. The summed E-state index contributed by atoms with van der Waals surface area (Å²) in [4.78, 5) is 4.14. The highest BCUT2D eigenvalue weighted by molar-refractivity contribution is 7.93. The zero-order chi connectivity index (χ0) is 15.0. The van der Waals surface area contributed by atoms with E-state index in [2.05, 4.69) is 11.1 Å². The van der Waals surface area contributed by atoms with Crippen LogP contribution in [0.2, 0.25) is 0 Å². The second-order valence-electron chi connectivity index (χ2n) is 5.27. The van der Waals surface area contributed by atoms with Crippen LogP contribution in [-0.2, 0) is 9.84 Å². The first-order chi connectivity index (χ1) is 9.23. The molecule has 1 aromatic carbocycles. The Labute approximate surface area is 122 Å². The summed E-state index contributed by atoms with van der Waals surface area (Å²) in [6.07, 6.45) is 0.282. The minimum absolute atomic E-state index is 0.0805. The van der Waals surface area contributed by atoms with Gasteiger partial charge in [0.1, 0.15) is 0 Å². The molecule has 0 bridgehead atoms. The van der Waals surface area contributed by atoms with Crippen LogP contribution < -0.4 is 5.73 Å². The van der Waals surface area contributed by atoms with Crippen molar-refractivity contribution in [2.45, 2.75) is 24.6 Å². The van der Waals surface area contributed by atoms with Crippen molar-refractivity contribution in [2.75, 3.05) is 11.5 Å². The molecular weight excluding hydrogens is 294 g/mol. The Morgan fingerprint density at radius 2 is 2.15 bits per heavy atom. The molecule has 0 amide bonds. The van der Waals surface area contributed by atoms with E-state index in [1.54, 1.807) is 32.0 Å². The lowest BCUT2D eigenvalue weighted by Gasteiger charge is -2.13. The molecule has 1 heterocycles. The topological polar surface area (TPSA) is 96.8 Å². The maximum absolute atomic E-state index is 12.3. The van der Waals surface area contributed by atoms with Gasteiger partial charge in [-0.2, -0.15) is 5.26 Å². The fourth-order valence-corrected chi connectivity index (χ4v) is 4.55. The number of benzene rings is 1. The molecule has 1 aromatic heterocycles. The fourth-order valence-electron chi connectivity index (χ4n) is 1.59. The second kappa shape index (κ2) is 5.04. The normalized spacial score (nSPS) is 12.4. The Morgan fingerprint density at radius 1 is 1.45 bits per heavy atom. The first-order valence-electron chi connectivity index (χ1n) is 6.04. The molecule has 0 saturated carbocycles. The smallest absolute Gasteiger partial charge is 0.210 e. The minimum Gasteiger partial charge on any atom is -0.399 e. The van der Waals surface area contributed by atoms with Gasteiger partial charge in [-0.05, 0) is 38.5 Å². The summed E-state index contributed by atoms with van der Waals surface area (Å²) < 4.78 is 25.4. The Morgan fingerprint density at radius 3 is 2.80 bits per heavy atom. The molecule has 2 N–H and O–H groups in total. The van der Waals surface area contributed by atoms with Gasteiger partial charge >= 0.3 is 0 Å². The Hall–Kier alpha value is -1.65. The Kier molecular flexibility index (Phi) is 3.71. The van der Waals surface area contributed by atoms with Crippen LogP contribution in [0.25, 0.3) is 10.2 Å². The number of fused-ring (bicyclic) bond motifs is 1. The summed E-state index contributed by atoms with van der Waals surface area (Å²) in [6.45, 7) is 3.45. The summed E-state index contributed by atoms with van der Waals surface area (Å²) in [5.41, 5.74) is 6.22. The predicted octanol–water partition coefficient (Wildman–Crippen LogP) is 2.59. The number of nitrogens with zero attached hydrogens (tertiary/aromatic N) is 2. The number of anilines is 1. The van der Waals surface area contributed by atoms with Crippen LogP contribution in [-0.4, -0.2) is 19.2 Å². The van der Waals surface area contributed by atoms with Crippen LogP contribution >= 0.6 is 11.3 Å². The number of thiazole rings is 1. The van der Waals surface area contributed by atoms with Crippen molar-refractivity contribution in [1.29, 1.82) is 5.26 Å². The van der Waals surface area contributed by atoms with Crippen molar-refractivity contribution in [3.63, 3.8) is 0 Å². The molecule has 0 aliphatic carbocycles. The number of nitriles is 1. The zero-order valence-electron chi connectivity index (χ0n) is 11.3. The standard InChI is InChI=1S/C13H15N3O2S2/c1-13(2,8-14)5-6-20(17,18)12-16-10-4-3-9(15)7-11(10)19-12/h3-4,7H,5-6,15H2,1-2H3. The van der Waals surface area contributed by atoms with E-state index < -0.39 is 15.3 Å². The van der Waals surface area contributed by atoms with E-state index >= 15 is 0 Å². The van der Waals surface area contributed by atoms with Crippen molar-refractivity contribution < 1.29 is 8.42 Å². The van der Waals surface area contributed by atoms with Gasteiger partial charge in [-0.3, -0.25) is 0 Å². The van der Waals surface area contributed by atoms with Crippen molar-refractivity contribution in [2.24, 2.45) is 5.41 Å². The van der Waals surface area contributed by atoms with Gasteiger partial charge in [0.2, 0.25) is 14.2 Å². The van der Waals surface area contributed by atoms with Crippen LogP contribution in [0.5, 0.6) is 0 Å². The van der Waals surface area contributed by atoms with Crippen molar-refractivity contribution in [1.82, 2.24) is 4.98 Å². The molecule has 2 rings (SSSR count). The highest BCUT2D eigenvalue weighted by atomic mass is 32.2. The largest absolute Gasteiger partial charge is 0.399 e. The summed E-state index contributed by atoms with van der Waals surface area (Å²) in [7, 11) is -3.46. The van der Waals surface area contributed by atoms with Crippen molar-refractivity contribution in [3.05, 3.63) is 18.2 Å². The van der Waals surface area contributed by atoms with Crippen LogP contribution in [0.1, 0.15) is 20.3 Å².